The Balaban J connectivity index is 2.49. The molecule has 2 aliphatic carbocycles. The van der Waals surface area contributed by atoms with Crippen molar-refractivity contribution in [1.82, 2.24) is 0 Å². The summed E-state index contributed by atoms with van der Waals surface area (Å²) in [6.45, 7) is 4.61. The lowest BCUT2D eigenvalue weighted by Crippen LogP contribution is -2.59. The number of aliphatic hydroxyl groups is 3. The van der Waals surface area contributed by atoms with Gasteiger partial charge in [-0.3, -0.25) is 4.79 Å². The molecule has 4 atom stereocenters. The molecule has 0 spiro atoms. The van der Waals surface area contributed by atoms with Crippen molar-refractivity contribution >= 4 is 5.78 Å². The summed E-state index contributed by atoms with van der Waals surface area (Å²) < 4.78 is 0. The summed E-state index contributed by atoms with van der Waals surface area (Å²) in [5, 5.41) is 31.3. The first-order valence-corrected chi connectivity index (χ1v) is 6.00. The summed E-state index contributed by atoms with van der Waals surface area (Å²) in [7, 11) is 0. The van der Waals surface area contributed by atoms with E-state index in [-0.39, 0.29) is 5.78 Å². The fourth-order valence-electron chi connectivity index (χ4n) is 3.29. The minimum atomic E-state index is -1.46. The van der Waals surface area contributed by atoms with Gasteiger partial charge in [0.15, 0.2) is 5.78 Å². The summed E-state index contributed by atoms with van der Waals surface area (Å²) in [5.41, 5.74) is -3.34. The third-order valence-electron chi connectivity index (χ3n) is 4.55. The minimum Gasteiger partial charge on any atom is -0.390 e. The summed E-state index contributed by atoms with van der Waals surface area (Å²) in [6.07, 6.45) is 2.56. The van der Waals surface area contributed by atoms with Gasteiger partial charge in [-0.2, -0.15) is 0 Å². The van der Waals surface area contributed by atoms with Crippen LogP contribution in [0.25, 0.3) is 0 Å². The first kappa shape index (κ1) is 12.7. The smallest absolute Gasteiger partial charge is 0.155 e. The number of ketones is 1. The Morgan fingerprint density at radius 2 is 1.88 bits per heavy atom. The van der Waals surface area contributed by atoms with E-state index < -0.39 is 22.7 Å². The van der Waals surface area contributed by atoms with Crippen LogP contribution in [0.1, 0.15) is 40.0 Å². The van der Waals surface area contributed by atoms with Crippen LogP contribution in [0, 0.1) is 5.92 Å². The van der Waals surface area contributed by atoms with Crippen LogP contribution in [-0.4, -0.2) is 37.9 Å². The lowest BCUT2D eigenvalue weighted by molar-refractivity contribution is -0.165. The zero-order valence-corrected chi connectivity index (χ0v) is 10.5. The zero-order valence-electron chi connectivity index (χ0n) is 10.5. The molecule has 17 heavy (non-hydrogen) atoms. The lowest BCUT2D eigenvalue weighted by atomic mass is 9.66. The lowest BCUT2D eigenvalue weighted by Gasteiger charge is -2.47. The second-order valence-electron chi connectivity index (χ2n) is 5.91. The van der Waals surface area contributed by atoms with E-state index in [0.29, 0.717) is 24.8 Å². The van der Waals surface area contributed by atoms with Gasteiger partial charge in [-0.15, -0.1) is 0 Å². The third kappa shape index (κ3) is 1.66. The van der Waals surface area contributed by atoms with Gasteiger partial charge < -0.3 is 15.3 Å². The number of hydrogen-bond donors (Lipinski definition) is 3. The molecule has 0 bridgehead atoms. The average molecular weight is 240 g/mol. The van der Waals surface area contributed by atoms with Gasteiger partial charge in [0.2, 0.25) is 0 Å². The molecule has 4 heteroatoms. The number of carbonyl (C=O) groups excluding carboxylic acids is 1. The molecule has 0 aromatic heterocycles. The number of allylic oxidation sites excluding steroid dienone is 1. The molecule has 4 nitrogen and oxygen atoms in total. The van der Waals surface area contributed by atoms with Crippen LogP contribution in [0.5, 0.6) is 0 Å². The summed E-state index contributed by atoms with van der Waals surface area (Å²) in [5.74, 6) is -0.607. The Kier molecular flexibility index (Phi) is 2.55. The third-order valence-corrected chi connectivity index (χ3v) is 4.55. The summed E-state index contributed by atoms with van der Waals surface area (Å²) in [6, 6.07) is 0. The van der Waals surface area contributed by atoms with Crippen LogP contribution in [0.4, 0.5) is 0 Å². The standard InChI is InChI=1S/C13H20O4/c1-8(14)9-6-10-11(2,15)4-5-13(10,17)12(3,16)7-9/h7,10,15-17H,4-6H2,1-3H3/t10-,11+,12+,13-/m0/s1. The fourth-order valence-corrected chi connectivity index (χ4v) is 3.29. The van der Waals surface area contributed by atoms with E-state index in [4.69, 9.17) is 0 Å². The molecule has 0 saturated heterocycles. The van der Waals surface area contributed by atoms with Crippen LogP contribution >= 0.6 is 0 Å². The highest BCUT2D eigenvalue weighted by Crippen LogP contribution is 2.54. The van der Waals surface area contributed by atoms with Gasteiger partial charge in [0, 0.05) is 5.92 Å². The molecule has 0 aromatic rings. The minimum absolute atomic E-state index is 0.116. The van der Waals surface area contributed by atoms with Crippen molar-refractivity contribution in [2.75, 3.05) is 0 Å². The normalized spacial score (nSPS) is 49.8. The van der Waals surface area contributed by atoms with Gasteiger partial charge in [0.25, 0.3) is 0 Å². The highest BCUT2D eigenvalue weighted by atomic mass is 16.4. The van der Waals surface area contributed by atoms with Crippen molar-refractivity contribution in [2.45, 2.75) is 56.8 Å². The Bertz CT molecular complexity index is 394. The van der Waals surface area contributed by atoms with E-state index in [9.17, 15) is 20.1 Å². The molecule has 2 aliphatic rings. The van der Waals surface area contributed by atoms with E-state index in [2.05, 4.69) is 0 Å². The maximum atomic E-state index is 11.4. The predicted octanol–water partition coefficient (Wildman–Crippen LogP) is 0.549. The number of hydrogen-bond acceptors (Lipinski definition) is 4. The molecule has 2 rings (SSSR count). The van der Waals surface area contributed by atoms with Crippen LogP contribution in [0.2, 0.25) is 0 Å². The Morgan fingerprint density at radius 3 is 2.41 bits per heavy atom. The first-order chi connectivity index (χ1) is 7.60. The van der Waals surface area contributed by atoms with Crippen molar-refractivity contribution < 1.29 is 20.1 Å². The van der Waals surface area contributed by atoms with E-state index in [1.807, 2.05) is 0 Å². The Hall–Kier alpha value is -0.710. The number of rotatable bonds is 1. The molecule has 0 amide bonds. The molecule has 0 aromatic carbocycles. The van der Waals surface area contributed by atoms with Gasteiger partial charge in [-0.1, -0.05) is 0 Å². The van der Waals surface area contributed by atoms with Gasteiger partial charge in [-0.05, 0) is 51.7 Å². The zero-order chi connectivity index (χ0) is 13.1. The number of carbonyl (C=O) groups is 1. The predicted molar refractivity (Wildman–Crippen MR) is 62.3 cm³/mol. The molecule has 0 aliphatic heterocycles. The van der Waals surface area contributed by atoms with E-state index >= 15 is 0 Å². The van der Waals surface area contributed by atoms with Crippen molar-refractivity contribution in [2.24, 2.45) is 5.92 Å². The van der Waals surface area contributed by atoms with Crippen LogP contribution in [0.15, 0.2) is 11.6 Å². The molecule has 1 fully saturated rings. The molecular weight excluding hydrogens is 220 g/mol. The first-order valence-electron chi connectivity index (χ1n) is 6.00. The summed E-state index contributed by atoms with van der Waals surface area (Å²) >= 11 is 0. The van der Waals surface area contributed by atoms with Crippen molar-refractivity contribution in [3.05, 3.63) is 11.6 Å². The van der Waals surface area contributed by atoms with E-state index in [1.54, 1.807) is 6.92 Å². The van der Waals surface area contributed by atoms with Crippen molar-refractivity contribution in [3.8, 4) is 0 Å². The Labute approximate surface area is 101 Å². The van der Waals surface area contributed by atoms with Crippen LogP contribution < -0.4 is 0 Å². The molecule has 0 unspecified atom stereocenters. The number of fused-ring (bicyclic) bond motifs is 1. The molecule has 0 radical (unpaired) electrons. The molecule has 1 saturated carbocycles. The molecule has 0 heterocycles. The van der Waals surface area contributed by atoms with Crippen LogP contribution in [0.3, 0.4) is 0 Å². The average Bonchev–Trinajstić information content (AvgIpc) is 2.41. The van der Waals surface area contributed by atoms with Crippen molar-refractivity contribution in [1.29, 1.82) is 0 Å². The Morgan fingerprint density at radius 1 is 1.29 bits per heavy atom. The second kappa shape index (κ2) is 3.40. The molecular formula is C13H20O4. The van der Waals surface area contributed by atoms with Crippen LogP contribution in [-0.2, 0) is 4.79 Å². The van der Waals surface area contributed by atoms with Gasteiger partial charge >= 0.3 is 0 Å². The van der Waals surface area contributed by atoms with Crippen molar-refractivity contribution in [3.63, 3.8) is 0 Å². The fraction of sp³-hybridized carbons (Fsp3) is 0.769. The monoisotopic (exact) mass is 240 g/mol. The quantitative estimate of drug-likeness (QED) is 0.625. The maximum absolute atomic E-state index is 11.4. The SMILES string of the molecule is CC(=O)C1=C[C@@](C)(O)[C@]2(O)CC[C@@](C)(O)[C@@H]2C1. The van der Waals surface area contributed by atoms with Gasteiger partial charge in [0.1, 0.15) is 11.2 Å². The highest BCUT2D eigenvalue weighted by Gasteiger charge is 2.62. The molecule has 96 valence electrons. The largest absolute Gasteiger partial charge is 0.390 e. The number of Topliss-reactive ketones (excluding diaryl/α,β-unsaturated/α-hetero) is 1. The summed E-state index contributed by atoms with van der Waals surface area (Å²) in [4.78, 5) is 11.4. The topological polar surface area (TPSA) is 77.8 Å². The second-order valence-corrected chi connectivity index (χ2v) is 5.91. The van der Waals surface area contributed by atoms with Gasteiger partial charge in [-0.25, -0.2) is 0 Å². The van der Waals surface area contributed by atoms with E-state index in [0.717, 1.165) is 0 Å². The van der Waals surface area contributed by atoms with E-state index in [1.165, 1.54) is 19.9 Å². The highest BCUT2D eigenvalue weighted by molar-refractivity contribution is 5.93. The van der Waals surface area contributed by atoms with Gasteiger partial charge in [0.05, 0.1) is 5.60 Å². The maximum Gasteiger partial charge on any atom is 0.155 e. The molecule has 3 N–H and O–H groups in total.